The number of Topliss-reactive ketones (excluding diaryl/α,β-unsaturated/α-hetero) is 1. The summed E-state index contributed by atoms with van der Waals surface area (Å²) in [7, 11) is 2.33. The second-order valence-corrected chi connectivity index (χ2v) is 6.53. The van der Waals surface area contributed by atoms with Crippen LogP contribution in [0.3, 0.4) is 0 Å². The van der Waals surface area contributed by atoms with Crippen molar-refractivity contribution < 1.29 is 33.4 Å². The van der Waals surface area contributed by atoms with E-state index >= 15 is 0 Å². The van der Waals surface area contributed by atoms with Gasteiger partial charge < -0.3 is 14.2 Å². The maximum atomic E-state index is 13.0. The van der Waals surface area contributed by atoms with Gasteiger partial charge in [0, 0.05) is 17.0 Å². The first kappa shape index (κ1) is 22.0. The number of nitrogens with zero attached hydrogens (tertiary/aromatic N) is 1. The second kappa shape index (κ2) is 9.27. The van der Waals surface area contributed by atoms with Crippen LogP contribution in [0.25, 0.3) is 0 Å². The zero-order valence-electron chi connectivity index (χ0n) is 16.9. The molecule has 2 rings (SSSR count). The number of rotatable bonds is 6. The molecule has 1 heterocycles. The van der Waals surface area contributed by atoms with E-state index in [1.54, 1.807) is 37.3 Å². The van der Waals surface area contributed by atoms with Gasteiger partial charge in [0.1, 0.15) is 11.8 Å². The fourth-order valence-corrected chi connectivity index (χ4v) is 3.24. The van der Waals surface area contributed by atoms with Gasteiger partial charge in [-0.2, -0.15) is 0 Å². The van der Waals surface area contributed by atoms with Gasteiger partial charge in [-0.05, 0) is 20.8 Å². The van der Waals surface area contributed by atoms with Crippen LogP contribution >= 0.6 is 0 Å². The quantitative estimate of drug-likeness (QED) is 0.408. The maximum absolute atomic E-state index is 13.0. The molecule has 0 aromatic heterocycles. The molecule has 0 radical (unpaired) electrons. The van der Waals surface area contributed by atoms with Crippen LogP contribution in [0.5, 0.6) is 0 Å². The Labute approximate surface area is 168 Å². The molecule has 3 unspecified atom stereocenters. The minimum Gasteiger partial charge on any atom is -0.468 e. The monoisotopic (exact) mass is 401 g/mol. The molecule has 1 aliphatic rings. The standard InChI is InChI=1S/C21H23NO7/c1-11-15(19(24)27-4)17(16(12(2)22-11)20(25)28-5)21(26)29-13(3)18(23)14-9-7-6-8-10-14/h6-10,13,15,17H,1-5H3. The van der Waals surface area contributed by atoms with E-state index in [0.29, 0.717) is 11.3 Å². The predicted molar refractivity (Wildman–Crippen MR) is 103 cm³/mol. The lowest BCUT2D eigenvalue weighted by Gasteiger charge is -2.29. The average molecular weight is 401 g/mol. The van der Waals surface area contributed by atoms with E-state index in [1.807, 2.05) is 0 Å². The molecule has 3 atom stereocenters. The van der Waals surface area contributed by atoms with Crippen molar-refractivity contribution >= 4 is 29.4 Å². The molecule has 0 amide bonds. The lowest BCUT2D eigenvalue weighted by Crippen LogP contribution is -2.43. The number of ketones is 1. The van der Waals surface area contributed by atoms with Crippen LogP contribution in [-0.4, -0.2) is 49.7 Å². The van der Waals surface area contributed by atoms with Crippen LogP contribution in [0.4, 0.5) is 0 Å². The molecule has 0 spiro atoms. The van der Waals surface area contributed by atoms with Crippen molar-refractivity contribution in [2.24, 2.45) is 16.8 Å². The Hall–Kier alpha value is -3.29. The van der Waals surface area contributed by atoms with Crippen LogP contribution in [0.2, 0.25) is 0 Å². The third-order valence-electron chi connectivity index (χ3n) is 4.66. The zero-order chi connectivity index (χ0) is 21.7. The SMILES string of the molecule is COC(=O)C1=C(C)N=C(C)C(C(=O)OC)C1C(=O)OC(C)C(=O)c1ccccc1. The fraction of sp³-hybridized carbons (Fsp3) is 0.381. The maximum Gasteiger partial charge on any atom is 0.336 e. The van der Waals surface area contributed by atoms with E-state index < -0.39 is 41.6 Å². The van der Waals surface area contributed by atoms with Crippen LogP contribution in [0, 0.1) is 11.8 Å². The largest absolute Gasteiger partial charge is 0.468 e. The molecule has 1 aliphatic heterocycles. The van der Waals surface area contributed by atoms with Gasteiger partial charge in [-0.15, -0.1) is 0 Å². The molecular formula is C21H23NO7. The Balaban J connectivity index is 2.38. The van der Waals surface area contributed by atoms with Crippen molar-refractivity contribution in [1.29, 1.82) is 0 Å². The van der Waals surface area contributed by atoms with Crippen molar-refractivity contribution in [1.82, 2.24) is 0 Å². The molecule has 1 aromatic carbocycles. The first-order chi connectivity index (χ1) is 13.7. The first-order valence-corrected chi connectivity index (χ1v) is 8.94. The minimum absolute atomic E-state index is 0.0992. The normalized spacial score (nSPS) is 19.7. The lowest BCUT2D eigenvalue weighted by molar-refractivity contribution is -0.158. The highest BCUT2D eigenvalue weighted by atomic mass is 16.6. The van der Waals surface area contributed by atoms with Gasteiger partial charge in [-0.1, -0.05) is 30.3 Å². The van der Waals surface area contributed by atoms with Crippen LogP contribution < -0.4 is 0 Å². The molecule has 1 aromatic rings. The molecule has 0 saturated carbocycles. The number of hydrogen-bond acceptors (Lipinski definition) is 8. The number of hydrogen-bond donors (Lipinski definition) is 0. The average Bonchev–Trinajstić information content (AvgIpc) is 2.72. The molecule has 8 heteroatoms. The number of esters is 3. The first-order valence-electron chi connectivity index (χ1n) is 8.94. The molecule has 0 saturated heterocycles. The number of ether oxygens (including phenoxy) is 3. The van der Waals surface area contributed by atoms with E-state index in [4.69, 9.17) is 14.2 Å². The van der Waals surface area contributed by atoms with Gasteiger partial charge >= 0.3 is 17.9 Å². The van der Waals surface area contributed by atoms with Crippen molar-refractivity contribution in [2.75, 3.05) is 14.2 Å². The molecular weight excluding hydrogens is 378 g/mol. The Morgan fingerprint density at radius 2 is 1.55 bits per heavy atom. The van der Waals surface area contributed by atoms with Crippen molar-refractivity contribution in [3.05, 3.63) is 47.2 Å². The number of carbonyl (C=O) groups is 4. The summed E-state index contributed by atoms with van der Waals surface area (Å²) in [5.74, 6) is -5.37. The predicted octanol–water partition coefficient (Wildman–Crippen LogP) is 2.13. The summed E-state index contributed by atoms with van der Waals surface area (Å²) in [6, 6.07) is 8.35. The zero-order valence-corrected chi connectivity index (χ0v) is 16.9. The van der Waals surface area contributed by atoms with E-state index in [-0.39, 0.29) is 11.3 Å². The Morgan fingerprint density at radius 3 is 2.10 bits per heavy atom. The fourth-order valence-electron chi connectivity index (χ4n) is 3.24. The number of benzene rings is 1. The number of methoxy groups -OCH3 is 2. The molecule has 0 N–H and O–H groups in total. The van der Waals surface area contributed by atoms with E-state index in [2.05, 4.69) is 4.99 Å². The summed E-state index contributed by atoms with van der Waals surface area (Å²) in [6.07, 6.45) is -1.12. The summed E-state index contributed by atoms with van der Waals surface area (Å²) in [4.78, 5) is 54.4. The van der Waals surface area contributed by atoms with Crippen LogP contribution in [-0.2, 0) is 28.6 Å². The molecule has 0 aliphatic carbocycles. The van der Waals surface area contributed by atoms with Gasteiger partial charge in [0.05, 0.1) is 19.8 Å². The van der Waals surface area contributed by atoms with Crippen LogP contribution in [0.15, 0.2) is 46.6 Å². The van der Waals surface area contributed by atoms with E-state index in [0.717, 1.165) is 7.11 Å². The highest BCUT2D eigenvalue weighted by molar-refractivity contribution is 6.10. The molecule has 154 valence electrons. The molecule has 29 heavy (non-hydrogen) atoms. The third kappa shape index (κ3) is 4.59. The number of allylic oxidation sites excluding steroid dienone is 1. The Morgan fingerprint density at radius 1 is 0.931 bits per heavy atom. The molecule has 0 bridgehead atoms. The Bertz CT molecular complexity index is 886. The summed E-state index contributed by atoms with van der Waals surface area (Å²) < 4.78 is 14.9. The van der Waals surface area contributed by atoms with Crippen molar-refractivity contribution in [2.45, 2.75) is 26.9 Å². The van der Waals surface area contributed by atoms with Crippen molar-refractivity contribution in [3.8, 4) is 0 Å². The van der Waals surface area contributed by atoms with Gasteiger partial charge in [0.25, 0.3) is 0 Å². The second-order valence-electron chi connectivity index (χ2n) is 6.53. The highest BCUT2D eigenvalue weighted by Gasteiger charge is 2.47. The van der Waals surface area contributed by atoms with Crippen molar-refractivity contribution in [3.63, 3.8) is 0 Å². The van der Waals surface area contributed by atoms with E-state index in [1.165, 1.54) is 21.0 Å². The molecule has 8 nitrogen and oxygen atoms in total. The van der Waals surface area contributed by atoms with Gasteiger partial charge in [0.2, 0.25) is 5.78 Å². The number of aliphatic imine (C=N–C) groups is 1. The van der Waals surface area contributed by atoms with Gasteiger partial charge in [-0.25, -0.2) is 4.79 Å². The number of carbonyl (C=O) groups excluding carboxylic acids is 4. The van der Waals surface area contributed by atoms with Gasteiger partial charge in [0.15, 0.2) is 6.10 Å². The van der Waals surface area contributed by atoms with Crippen LogP contribution in [0.1, 0.15) is 31.1 Å². The van der Waals surface area contributed by atoms with E-state index in [9.17, 15) is 19.2 Å². The molecule has 0 fully saturated rings. The minimum atomic E-state index is -1.33. The summed E-state index contributed by atoms with van der Waals surface area (Å²) >= 11 is 0. The summed E-state index contributed by atoms with van der Waals surface area (Å²) in [5, 5.41) is 0. The summed E-state index contributed by atoms with van der Waals surface area (Å²) in [5.41, 5.74) is 0.806. The highest BCUT2D eigenvalue weighted by Crippen LogP contribution is 2.34. The third-order valence-corrected chi connectivity index (χ3v) is 4.66. The lowest BCUT2D eigenvalue weighted by atomic mass is 9.79. The topological polar surface area (TPSA) is 108 Å². The summed E-state index contributed by atoms with van der Waals surface area (Å²) in [6.45, 7) is 4.51. The van der Waals surface area contributed by atoms with Gasteiger partial charge in [-0.3, -0.25) is 19.4 Å². The smallest absolute Gasteiger partial charge is 0.336 e. The Kier molecular flexibility index (Phi) is 7.03.